The zero-order valence-corrected chi connectivity index (χ0v) is 7.40. The molecular weight excluding hydrogens is 158 g/mol. The number of hydrogen-bond acceptors (Lipinski definition) is 4. The van der Waals surface area contributed by atoms with Gasteiger partial charge in [-0.15, -0.1) is 11.3 Å². The highest BCUT2D eigenvalue weighted by molar-refractivity contribution is 7.09. The highest BCUT2D eigenvalue weighted by atomic mass is 32.1. The van der Waals surface area contributed by atoms with Crippen LogP contribution in [0.25, 0.3) is 0 Å². The Morgan fingerprint density at radius 1 is 1.82 bits per heavy atom. The molecule has 1 atom stereocenters. The number of thiazole rings is 1. The first kappa shape index (κ1) is 8.64. The molecule has 0 saturated carbocycles. The van der Waals surface area contributed by atoms with E-state index in [0.717, 1.165) is 17.8 Å². The van der Waals surface area contributed by atoms with E-state index in [1.807, 2.05) is 11.6 Å². The van der Waals surface area contributed by atoms with E-state index in [4.69, 9.17) is 5.84 Å². The number of nitrogens with two attached hydrogens (primary N) is 1. The minimum atomic E-state index is 0.362. The number of hydrazine groups is 1. The van der Waals surface area contributed by atoms with Crippen molar-refractivity contribution in [3.05, 3.63) is 16.6 Å². The molecule has 1 aromatic rings. The summed E-state index contributed by atoms with van der Waals surface area (Å²) < 4.78 is 0. The van der Waals surface area contributed by atoms with Crippen LogP contribution in [0, 0.1) is 0 Å². The van der Waals surface area contributed by atoms with Crippen molar-refractivity contribution in [1.82, 2.24) is 10.4 Å². The Morgan fingerprint density at radius 2 is 2.64 bits per heavy atom. The molecule has 3 nitrogen and oxygen atoms in total. The Morgan fingerprint density at radius 3 is 3.09 bits per heavy atom. The van der Waals surface area contributed by atoms with E-state index < -0.39 is 0 Å². The number of nitrogens with one attached hydrogen (secondary N) is 1. The highest BCUT2D eigenvalue weighted by Gasteiger charge is 2.05. The van der Waals surface area contributed by atoms with E-state index in [1.54, 1.807) is 11.3 Å². The van der Waals surface area contributed by atoms with Crippen LogP contribution in [0.5, 0.6) is 0 Å². The van der Waals surface area contributed by atoms with Gasteiger partial charge < -0.3 is 0 Å². The third-order valence-corrected chi connectivity index (χ3v) is 2.43. The molecule has 0 radical (unpaired) electrons. The van der Waals surface area contributed by atoms with Crippen LogP contribution in [0.15, 0.2) is 11.6 Å². The summed E-state index contributed by atoms with van der Waals surface area (Å²) in [6, 6.07) is 0.362. The molecule has 4 heteroatoms. The molecule has 62 valence electrons. The minimum absolute atomic E-state index is 0.362. The van der Waals surface area contributed by atoms with Gasteiger partial charge in [0.2, 0.25) is 0 Å². The van der Waals surface area contributed by atoms with Crippen LogP contribution in [0.4, 0.5) is 0 Å². The standard InChI is InChI=1S/C7H13N3S/c1-2-6(10-8)5-7-9-3-4-11-7/h3-4,6,10H,2,5,8H2,1H3. The molecule has 0 spiro atoms. The first-order valence-corrected chi connectivity index (χ1v) is 4.59. The van der Waals surface area contributed by atoms with Gasteiger partial charge in [-0.2, -0.15) is 0 Å². The topological polar surface area (TPSA) is 50.9 Å². The second kappa shape index (κ2) is 4.43. The summed E-state index contributed by atoms with van der Waals surface area (Å²) in [4.78, 5) is 4.17. The summed E-state index contributed by atoms with van der Waals surface area (Å²) >= 11 is 1.68. The van der Waals surface area contributed by atoms with Gasteiger partial charge in [0, 0.05) is 24.0 Å². The third kappa shape index (κ3) is 2.57. The molecule has 1 heterocycles. The lowest BCUT2D eigenvalue weighted by molar-refractivity contribution is 0.510. The lowest BCUT2D eigenvalue weighted by Crippen LogP contribution is -2.36. The summed E-state index contributed by atoms with van der Waals surface area (Å²) in [5.74, 6) is 5.33. The van der Waals surface area contributed by atoms with E-state index in [2.05, 4.69) is 17.3 Å². The van der Waals surface area contributed by atoms with Gasteiger partial charge in [-0.1, -0.05) is 6.92 Å². The second-order valence-electron chi connectivity index (χ2n) is 2.40. The van der Waals surface area contributed by atoms with E-state index >= 15 is 0 Å². The Hall–Kier alpha value is -0.450. The second-order valence-corrected chi connectivity index (χ2v) is 3.38. The quantitative estimate of drug-likeness (QED) is 0.523. The first-order chi connectivity index (χ1) is 5.36. The SMILES string of the molecule is CCC(Cc1nccs1)NN. The summed E-state index contributed by atoms with van der Waals surface area (Å²) in [5.41, 5.74) is 2.76. The van der Waals surface area contributed by atoms with Crippen molar-refractivity contribution < 1.29 is 0 Å². The van der Waals surface area contributed by atoms with E-state index in [1.165, 1.54) is 0 Å². The number of rotatable bonds is 4. The van der Waals surface area contributed by atoms with Crippen molar-refractivity contribution in [2.45, 2.75) is 25.8 Å². The lowest BCUT2D eigenvalue weighted by Gasteiger charge is -2.10. The molecule has 11 heavy (non-hydrogen) atoms. The number of hydrogen-bond donors (Lipinski definition) is 2. The van der Waals surface area contributed by atoms with Crippen molar-refractivity contribution in [1.29, 1.82) is 0 Å². The van der Waals surface area contributed by atoms with Gasteiger partial charge in [0.05, 0.1) is 5.01 Å². The molecule has 0 bridgehead atoms. The van der Waals surface area contributed by atoms with Gasteiger partial charge in [0.15, 0.2) is 0 Å². The van der Waals surface area contributed by atoms with Gasteiger partial charge in [0.1, 0.15) is 0 Å². The largest absolute Gasteiger partial charge is 0.271 e. The summed E-state index contributed by atoms with van der Waals surface area (Å²) in [6.45, 7) is 2.11. The third-order valence-electron chi connectivity index (χ3n) is 1.63. The molecule has 0 aliphatic carbocycles. The van der Waals surface area contributed by atoms with Gasteiger partial charge in [-0.05, 0) is 6.42 Å². The zero-order valence-electron chi connectivity index (χ0n) is 6.58. The van der Waals surface area contributed by atoms with Gasteiger partial charge in [-0.3, -0.25) is 11.3 Å². The van der Waals surface area contributed by atoms with Crippen molar-refractivity contribution in [2.24, 2.45) is 5.84 Å². The maximum Gasteiger partial charge on any atom is 0.0940 e. The van der Waals surface area contributed by atoms with Gasteiger partial charge >= 0.3 is 0 Å². The Bertz CT molecular complexity index is 182. The fourth-order valence-electron chi connectivity index (χ4n) is 0.886. The monoisotopic (exact) mass is 171 g/mol. The fourth-order valence-corrected chi connectivity index (χ4v) is 1.58. The van der Waals surface area contributed by atoms with Gasteiger partial charge in [0.25, 0.3) is 0 Å². The van der Waals surface area contributed by atoms with Crippen LogP contribution in [-0.4, -0.2) is 11.0 Å². The van der Waals surface area contributed by atoms with Crippen LogP contribution in [-0.2, 0) is 6.42 Å². The van der Waals surface area contributed by atoms with Crippen molar-refractivity contribution in [2.75, 3.05) is 0 Å². The Balaban J connectivity index is 2.41. The smallest absolute Gasteiger partial charge is 0.0940 e. The molecule has 0 aliphatic rings. The fraction of sp³-hybridized carbons (Fsp3) is 0.571. The summed E-state index contributed by atoms with van der Waals surface area (Å²) in [6.07, 6.45) is 3.80. The predicted molar refractivity (Wildman–Crippen MR) is 47.2 cm³/mol. The molecule has 0 aromatic carbocycles. The Labute approximate surface area is 70.6 Å². The first-order valence-electron chi connectivity index (χ1n) is 3.71. The molecule has 0 amide bonds. The van der Waals surface area contributed by atoms with E-state index in [0.29, 0.717) is 6.04 Å². The normalized spacial score (nSPS) is 13.3. The molecular formula is C7H13N3S. The van der Waals surface area contributed by atoms with Crippen molar-refractivity contribution in [3.63, 3.8) is 0 Å². The average Bonchev–Trinajstić information content (AvgIpc) is 2.52. The maximum absolute atomic E-state index is 5.33. The highest BCUT2D eigenvalue weighted by Crippen LogP contribution is 2.07. The van der Waals surface area contributed by atoms with Crippen LogP contribution in [0.2, 0.25) is 0 Å². The zero-order chi connectivity index (χ0) is 8.10. The Kier molecular flexibility index (Phi) is 3.48. The maximum atomic E-state index is 5.33. The molecule has 1 rings (SSSR count). The van der Waals surface area contributed by atoms with Crippen LogP contribution >= 0.6 is 11.3 Å². The predicted octanol–water partition coefficient (Wildman–Crippen LogP) is 0.927. The summed E-state index contributed by atoms with van der Waals surface area (Å²) in [7, 11) is 0. The van der Waals surface area contributed by atoms with E-state index in [-0.39, 0.29) is 0 Å². The number of nitrogens with zero attached hydrogens (tertiary/aromatic N) is 1. The van der Waals surface area contributed by atoms with E-state index in [9.17, 15) is 0 Å². The van der Waals surface area contributed by atoms with Crippen molar-refractivity contribution in [3.8, 4) is 0 Å². The van der Waals surface area contributed by atoms with Crippen LogP contribution in [0.1, 0.15) is 18.4 Å². The molecule has 0 saturated heterocycles. The molecule has 0 aliphatic heterocycles. The molecule has 1 unspecified atom stereocenters. The average molecular weight is 171 g/mol. The minimum Gasteiger partial charge on any atom is -0.271 e. The lowest BCUT2D eigenvalue weighted by atomic mass is 10.2. The van der Waals surface area contributed by atoms with Crippen LogP contribution in [0.3, 0.4) is 0 Å². The number of aromatic nitrogens is 1. The molecule has 3 N–H and O–H groups in total. The summed E-state index contributed by atoms with van der Waals surface area (Å²) in [5, 5.41) is 3.13. The van der Waals surface area contributed by atoms with Crippen LogP contribution < -0.4 is 11.3 Å². The molecule has 0 fully saturated rings. The van der Waals surface area contributed by atoms with Gasteiger partial charge in [-0.25, -0.2) is 4.98 Å². The molecule has 1 aromatic heterocycles. The van der Waals surface area contributed by atoms with Crippen molar-refractivity contribution >= 4 is 11.3 Å².